The molecule has 0 aliphatic carbocycles. The largest absolute Gasteiger partial charge is 0.381 e. The van der Waals surface area contributed by atoms with E-state index in [0.717, 1.165) is 25.0 Å². The zero-order valence-corrected chi connectivity index (χ0v) is 4.89. The van der Waals surface area contributed by atoms with E-state index in [0.29, 0.717) is 0 Å². The molecule has 2 saturated heterocycles. The molecule has 0 aromatic carbocycles. The van der Waals surface area contributed by atoms with Crippen LogP contribution in [0.15, 0.2) is 0 Å². The van der Waals surface area contributed by atoms with E-state index in [1.165, 1.54) is 13.1 Å². The predicted molar refractivity (Wildman–Crippen MR) is 30.7 cm³/mol. The zero-order valence-electron chi connectivity index (χ0n) is 4.89. The van der Waals surface area contributed by atoms with Gasteiger partial charge >= 0.3 is 0 Å². The Morgan fingerprint density at radius 1 is 1.12 bits per heavy atom. The smallest absolute Gasteiger partial charge is 0.0520 e. The molecule has 0 amide bonds. The Morgan fingerprint density at radius 2 is 1.88 bits per heavy atom. The molecule has 0 atom stereocenters. The second-order valence-corrected chi connectivity index (χ2v) is 2.72. The lowest BCUT2D eigenvalue weighted by atomic mass is 9.86. The van der Waals surface area contributed by atoms with Crippen molar-refractivity contribution in [2.45, 2.75) is 0 Å². The number of hydrogen-bond acceptors (Lipinski definition) is 2. The molecule has 1 N–H and O–H groups in total. The van der Waals surface area contributed by atoms with E-state index in [2.05, 4.69) is 5.32 Å². The fourth-order valence-corrected chi connectivity index (χ4v) is 1.17. The second-order valence-electron chi connectivity index (χ2n) is 2.72. The average Bonchev–Trinajstić information content (AvgIpc) is 1.47. The minimum absolute atomic E-state index is 0.899. The number of hydrogen-bond donors (Lipinski definition) is 1. The predicted octanol–water partition coefficient (Wildman–Crippen LogP) is -0.148. The van der Waals surface area contributed by atoms with Gasteiger partial charge in [0.25, 0.3) is 0 Å². The third kappa shape index (κ3) is 0.565. The Hall–Kier alpha value is -0.0800. The van der Waals surface area contributed by atoms with Gasteiger partial charge in [-0.1, -0.05) is 0 Å². The fourth-order valence-electron chi connectivity index (χ4n) is 1.17. The molecule has 2 rings (SSSR count). The molecule has 2 aliphatic rings. The van der Waals surface area contributed by atoms with Crippen molar-refractivity contribution < 1.29 is 4.74 Å². The van der Waals surface area contributed by atoms with E-state index in [-0.39, 0.29) is 0 Å². The van der Waals surface area contributed by atoms with Crippen molar-refractivity contribution in [3.63, 3.8) is 0 Å². The molecular formula is C6H11NO. The van der Waals surface area contributed by atoms with Crippen LogP contribution in [0.5, 0.6) is 0 Å². The van der Waals surface area contributed by atoms with Crippen molar-refractivity contribution >= 4 is 0 Å². The third-order valence-corrected chi connectivity index (χ3v) is 2.14. The summed E-state index contributed by atoms with van der Waals surface area (Å²) in [5, 5.41) is 3.25. The Bertz CT molecular complexity index is 74.5. The molecule has 0 unspecified atom stereocenters. The van der Waals surface area contributed by atoms with Crippen LogP contribution in [0.2, 0.25) is 0 Å². The van der Waals surface area contributed by atoms with Crippen LogP contribution >= 0.6 is 0 Å². The summed E-state index contributed by atoms with van der Waals surface area (Å²) in [6, 6.07) is 0. The second kappa shape index (κ2) is 1.71. The number of rotatable bonds is 1. The van der Waals surface area contributed by atoms with Gasteiger partial charge in [-0.2, -0.15) is 0 Å². The van der Waals surface area contributed by atoms with Gasteiger partial charge in [-0.3, -0.25) is 0 Å². The molecule has 2 nitrogen and oxygen atoms in total. The standard InChI is InChI=1S/C6H11NO/c1-5(2-7-1)6-3-8-4-6/h5-7H,1-4H2. The molecule has 0 radical (unpaired) electrons. The Balaban J connectivity index is 1.79. The summed E-state index contributed by atoms with van der Waals surface area (Å²) in [5.74, 6) is 1.85. The minimum atomic E-state index is 0.899. The lowest BCUT2D eigenvalue weighted by molar-refractivity contribution is -0.0708. The highest BCUT2D eigenvalue weighted by Crippen LogP contribution is 2.23. The highest BCUT2D eigenvalue weighted by molar-refractivity contribution is 4.84. The molecule has 46 valence electrons. The highest BCUT2D eigenvalue weighted by atomic mass is 16.5. The monoisotopic (exact) mass is 113 g/mol. The first-order valence-electron chi connectivity index (χ1n) is 3.25. The molecule has 2 heterocycles. The van der Waals surface area contributed by atoms with Crippen LogP contribution in [0.3, 0.4) is 0 Å². The quantitative estimate of drug-likeness (QED) is 0.510. The first kappa shape index (κ1) is 4.77. The van der Waals surface area contributed by atoms with Gasteiger partial charge in [-0.25, -0.2) is 0 Å². The third-order valence-electron chi connectivity index (χ3n) is 2.14. The van der Waals surface area contributed by atoms with Crippen LogP contribution < -0.4 is 5.32 Å². The van der Waals surface area contributed by atoms with E-state index in [1.54, 1.807) is 0 Å². The van der Waals surface area contributed by atoms with Gasteiger partial charge in [0, 0.05) is 5.92 Å². The lowest BCUT2D eigenvalue weighted by Gasteiger charge is -2.39. The van der Waals surface area contributed by atoms with Crippen molar-refractivity contribution in [2.75, 3.05) is 26.3 Å². The maximum absolute atomic E-state index is 5.06. The number of nitrogens with one attached hydrogen (secondary N) is 1. The lowest BCUT2D eigenvalue weighted by Crippen LogP contribution is -2.51. The minimum Gasteiger partial charge on any atom is -0.381 e. The summed E-state index contributed by atoms with van der Waals surface area (Å²) in [6.45, 7) is 4.50. The summed E-state index contributed by atoms with van der Waals surface area (Å²) >= 11 is 0. The zero-order chi connectivity index (χ0) is 5.40. The van der Waals surface area contributed by atoms with Gasteiger partial charge in [0.2, 0.25) is 0 Å². The van der Waals surface area contributed by atoms with Gasteiger partial charge < -0.3 is 10.1 Å². The summed E-state index contributed by atoms with van der Waals surface area (Å²) in [7, 11) is 0. The molecule has 0 saturated carbocycles. The van der Waals surface area contributed by atoms with Crippen molar-refractivity contribution in [3.05, 3.63) is 0 Å². The Kier molecular flexibility index (Phi) is 1.02. The van der Waals surface area contributed by atoms with Crippen LogP contribution in [0.4, 0.5) is 0 Å². The molecule has 2 aliphatic heterocycles. The Morgan fingerprint density at radius 3 is 2.00 bits per heavy atom. The van der Waals surface area contributed by atoms with Crippen LogP contribution in [0.1, 0.15) is 0 Å². The van der Waals surface area contributed by atoms with Crippen molar-refractivity contribution in [1.29, 1.82) is 0 Å². The first-order chi connectivity index (χ1) is 3.97. The molecular weight excluding hydrogens is 102 g/mol. The maximum Gasteiger partial charge on any atom is 0.0520 e. The SMILES string of the molecule is C1NCC1C1COC1. The molecule has 2 fully saturated rings. The van der Waals surface area contributed by atoms with Crippen molar-refractivity contribution in [2.24, 2.45) is 11.8 Å². The summed E-state index contributed by atoms with van der Waals surface area (Å²) < 4.78 is 5.06. The summed E-state index contributed by atoms with van der Waals surface area (Å²) in [6.07, 6.45) is 0. The van der Waals surface area contributed by atoms with Crippen LogP contribution in [0.25, 0.3) is 0 Å². The molecule has 0 bridgehead atoms. The van der Waals surface area contributed by atoms with Gasteiger partial charge in [0.05, 0.1) is 13.2 Å². The van der Waals surface area contributed by atoms with Gasteiger partial charge in [-0.15, -0.1) is 0 Å². The van der Waals surface area contributed by atoms with Crippen LogP contribution in [-0.4, -0.2) is 26.3 Å². The summed E-state index contributed by atoms with van der Waals surface area (Å²) in [4.78, 5) is 0. The first-order valence-corrected chi connectivity index (χ1v) is 3.25. The van der Waals surface area contributed by atoms with E-state index in [1.807, 2.05) is 0 Å². The average molecular weight is 113 g/mol. The van der Waals surface area contributed by atoms with Crippen LogP contribution in [0, 0.1) is 11.8 Å². The van der Waals surface area contributed by atoms with E-state index in [9.17, 15) is 0 Å². The molecule has 0 aromatic rings. The van der Waals surface area contributed by atoms with E-state index >= 15 is 0 Å². The molecule has 0 aromatic heterocycles. The van der Waals surface area contributed by atoms with Gasteiger partial charge in [0.15, 0.2) is 0 Å². The Labute approximate surface area is 49.2 Å². The molecule has 2 heteroatoms. The van der Waals surface area contributed by atoms with Crippen molar-refractivity contribution in [1.82, 2.24) is 5.32 Å². The van der Waals surface area contributed by atoms with Gasteiger partial charge in [0.1, 0.15) is 0 Å². The van der Waals surface area contributed by atoms with Crippen molar-refractivity contribution in [3.8, 4) is 0 Å². The normalized spacial score (nSPS) is 31.5. The van der Waals surface area contributed by atoms with Crippen LogP contribution in [-0.2, 0) is 4.74 Å². The van der Waals surface area contributed by atoms with Gasteiger partial charge in [-0.05, 0) is 19.0 Å². The molecule has 8 heavy (non-hydrogen) atoms. The topological polar surface area (TPSA) is 21.3 Å². The highest BCUT2D eigenvalue weighted by Gasteiger charge is 2.31. The fraction of sp³-hybridized carbons (Fsp3) is 1.00. The number of ether oxygens (including phenoxy) is 1. The van der Waals surface area contributed by atoms with E-state index in [4.69, 9.17) is 4.74 Å². The maximum atomic E-state index is 5.06. The molecule has 0 spiro atoms. The summed E-state index contributed by atoms with van der Waals surface area (Å²) in [5.41, 5.74) is 0. The van der Waals surface area contributed by atoms with E-state index < -0.39 is 0 Å².